The number of hydrogen-bond acceptors (Lipinski definition) is 4. The smallest absolute Gasteiger partial charge is 0.231 e. The lowest BCUT2D eigenvalue weighted by Gasteiger charge is -2.09. The average molecular weight is 256 g/mol. The zero-order valence-corrected chi connectivity index (χ0v) is 10.6. The van der Waals surface area contributed by atoms with Gasteiger partial charge in [-0.15, -0.1) is 0 Å². The molecule has 1 amide bonds. The van der Waals surface area contributed by atoms with Gasteiger partial charge in [0.1, 0.15) is 0 Å². The van der Waals surface area contributed by atoms with Crippen molar-refractivity contribution in [2.24, 2.45) is 0 Å². The number of benzene rings is 1. The number of fused-ring (bicyclic) bond motifs is 1. The van der Waals surface area contributed by atoms with Gasteiger partial charge in [-0.05, 0) is 30.7 Å². The number of hydrogen-bond donors (Lipinski definition) is 0. The zero-order chi connectivity index (χ0) is 13.6. The highest BCUT2D eigenvalue weighted by Gasteiger charge is 2.25. The number of likely N-dealkylation sites (N-methyl/N-ethyl adjacent to an activating group) is 1. The lowest BCUT2D eigenvalue weighted by Crippen LogP contribution is -2.20. The molecule has 0 saturated carbocycles. The van der Waals surface area contributed by atoms with E-state index in [2.05, 4.69) is 5.16 Å². The molecule has 0 fully saturated rings. The molecule has 5 heteroatoms. The molecule has 0 radical (unpaired) electrons. The van der Waals surface area contributed by atoms with Crippen LogP contribution in [0.5, 0.6) is 0 Å². The first-order valence-electron chi connectivity index (χ1n) is 5.93. The maximum atomic E-state index is 11.6. The number of Topliss-reactive ketones (excluding diaryl/α,β-unsaturated/α-hetero) is 1. The van der Waals surface area contributed by atoms with Crippen LogP contribution in [0, 0.1) is 0 Å². The molecule has 0 atom stereocenters. The largest absolute Gasteiger partial charge is 0.356 e. The van der Waals surface area contributed by atoms with Crippen LogP contribution in [0.2, 0.25) is 0 Å². The molecule has 2 aromatic rings. The van der Waals surface area contributed by atoms with E-state index in [1.54, 1.807) is 11.9 Å². The molecule has 96 valence electrons. The Bertz CT molecular complexity index is 688. The summed E-state index contributed by atoms with van der Waals surface area (Å²) in [6.07, 6.45) is 1.80. The number of anilines is 1. The van der Waals surface area contributed by atoms with Gasteiger partial charge in [0.15, 0.2) is 11.5 Å². The van der Waals surface area contributed by atoms with Crippen molar-refractivity contribution in [2.75, 3.05) is 11.9 Å². The summed E-state index contributed by atoms with van der Waals surface area (Å²) in [6.45, 7) is 1.47. The molecule has 0 N–H and O–H groups in total. The first-order valence-corrected chi connectivity index (χ1v) is 5.93. The highest BCUT2D eigenvalue weighted by Crippen LogP contribution is 2.33. The van der Waals surface area contributed by atoms with Crippen molar-refractivity contribution in [3.05, 3.63) is 35.5 Å². The van der Waals surface area contributed by atoms with Crippen LogP contribution < -0.4 is 4.90 Å². The lowest BCUT2D eigenvalue weighted by atomic mass is 10.0. The fraction of sp³-hybridized carbons (Fsp3) is 0.214. The molecule has 1 aromatic carbocycles. The highest BCUT2D eigenvalue weighted by atomic mass is 16.5. The van der Waals surface area contributed by atoms with E-state index in [4.69, 9.17) is 4.52 Å². The van der Waals surface area contributed by atoms with Gasteiger partial charge in [-0.2, -0.15) is 0 Å². The van der Waals surface area contributed by atoms with Gasteiger partial charge in [0, 0.05) is 18.3 Å². The van der Waals surface area contributed by atoms with Gasteiger partial charge in [-0.1, -0.05) is 5.16 Å². The Morgan fingerprint density at radius 2 is 2.21 bits per heavy atom. The maximum absolute atomic E-state index is 11.6. The Morgan fingerprint density at radius 3 is 2.95 bits per heavy atom. The number of aromatic nitrogens is 1. The van der Waals surface area contributed by atoms with Crippen molar-refractivity contribution >= 4 is 17.4 Å². The van der Waals surface area contributed by atoms with Crippen molar-refractivity contribution in [2.45, 2.75) is 13.3 Å². The van der Waals surface area contributed by atoms with E-state index in [0.29, 0.717) is 17.7 Å². The van der Waals surface area contributed by atoms with E-state index in [1.807, 2.05) is 18.2 Å². The van der Waals surface area contributed by atoms with Crippen molar-refractivity contribution < 1.29 is 14.1 Å². The monoisotopic (exact) mass is 256 g/mol. The molecule has 0 spiro atoms. The van der Waals surface area contributed by atoms with Crippen molar-refractivity contribution in [1.82, 2.24) is 5.16 Å². The minimum Gasteiger partial charge on any atom is -0.356 e. The molecule has 0 saturated heterocycles. The number of carbonyl (C=O) groups excluding carboxylic acids is 2. The summed E-state index contributed by atoms with van der Waals surface area (Å²) in [5, 5.41) is 3.67. The van der Waals surface area contributed by atoms with Gasteiger partial charge >= 0.3 is 0 Å². The molecule has 1 aliphatic heterocycles. The summed E-state index contributed by atoms with van der Waals surface area (Å²) in [5.74, 6) is 0.429. The first kappa shape index (κ1) is 11.6. The third-order valence-corrected chi connectivity index (χ3v) is 3.37. The predicted octanol–water partition coefficient (Wildman–Crippen LogP) is 2.06. The Hall–Kier alpha value is -2.43. The molecule has 3 rings (SSSR count). The fourth-order valence-corrected chi connectivity index (χ4v) is 2.31. The Labute approximate surface area is 109 Å². The number of rotatable bonds is 2. The second kappa shape index (κ2) is 4.05. The number of nitrogens with zero attached hydrogens (tertiary/aromatic N) is 2. The lowest BCUT2D eigenvalue weighted by molar-refractivity contribution is -0.117. The average Bonchev–Trinajstić information content (AvgIpc) is 2.95. The van der Waals surface area contributed by atoms with Crippen molar-refractivity contribution in [1.29, 1.82) is 0 Å². The van der Waals surface area contributed by atoms with E-state index >= 15 is 0 Å². The van der Waals surface area contributed by atoms with E-state index in [9.17, 15) is 9.59 Å². The van der Waals surface area contributed by atoms with Crippen LogP contribution in [-0.4, -0.2) is 23.9 Å². The second-order valence-corrected chi connectivity index (χ2v) is 4.60. The molecule has 1 aromatic heterocycles. The third-order valence-electron chi connectivity index (χ3n) is 3.37. The molecule has 5 nitrogen and oxygen atoms in total. The summed E-state index contributed by atoms with van der Waals surface area (Å²) in [5.41, 5.74) is 3.07. The van der Waals surface area contributed by atoms with Crippen molar-refractivity contribution in [3.8, 4) is 11.3 Å². The van der Waals surface area contributed by atoms with Crippen molar-refractivity contribution in [3.63, 3.8) is 0 Å². The summed E-state index contributed by atoms with van der Waals surface area (Å²) in [7, 11) is 1.75. The SMILES string of the molecule is CC(=O)c1cnoc1-c1ccc2c(c1)CC(=O)N2C. The molecule has 0 aliphatic carbocycles. The molecule has 1 aliphatic rings. The highest BCUT2D eigenvalue weighted by molar-refractivity contribution is 6.02. The predicted molar refractivity (Wildman–Crippen MR) is 69.1 cm³/mol. The van der Waals surface area contributed by atoms with Gasteiger partial charge < -0.3 is 9.42 Å². The normalized spacial score (nSPS) is 13.8. The summed E-state index contributed by atoms with van der Waals surface area (Å²) in [6, 6.07) is 5.58. The third kappa shape index (κ3) is 1.74. The Kier molecular flexibility index (Phi) is 2.48. The zero-order valence-electron chi connectivity index (χ0n) is 10.6. The standard InChI is InChI=1S/C14H12N2O3/c1-8(17)11-7-15-19-14(11)9-3-4-12-10(5-9)6-13(18)16(12)2/h3-5,7H,6H2,1-2H3. The second-order valence-electron chi connectivity index (χ2n) is 4.60. The molecule has 0 bridgehead atoms. The fourth-order valence-electron chi connectivity index (χ4n) is 2.31. The first-order chi connectivity index (χ1) is 9.08. The van der Waals surface area contributed by atoms with E-state index in [1.165, 1.54) is 13.1 Å². The van der Waals surface area contributed by atoms with Crippen LogP contribution in [0.3, 0.4) is 0 Å². The van der Waals surface area contributed by atoms with Gasteiger partial charge in [-0.3, -0.25) is 9.59 Å². The van der Waals surface area contributed by atoms with Crippen LogP contribution in [0.25, 0.3) is 11.3 Å². The van der Waals surface area contributed by atoms with Crippen LogP contribution in [0.15, 0.2) is 28.9 Å². The molecular weight excluding hydrogens is 244 g/mol. The van der Waals surface area contributed by atoms with Gasteiger partial charge in [-0.25, -0.2) is 0 Å². The van der Waals surface area contributed by atoms with E-state index in [-0.39, 0.29) is 11.7 Å². The van der Waals surface area contributed by atoms with Crippen LogP contribution >= 0.6 is 0 Å². The quantitative estimate of drug-likeness (QED) is 0.771. The molecule has 2 heterocycles. The van der Waals surface area contributed by atoms with E-state index in [0.717, 1.165) is 16.8 Å². The minimum absolute atomic E-state index is 0.0662. The summed E-state index contributed by atoms with van der Waals surface area (Å²) in [4.78, 5) is 24.7. The van der Waals surface area contributed by atoms with Crippen LogP contribution in [0.1, 0.15) is 22.8 Å². The number of ketones is 1. The van der Waals surface area contributed by atoms with Gasteiger partial charge in [0.05, 0.1) is 18.2 Å². The topological polar surface area (TPSA) is 63.4 Å². The number of carbonyl (C=O) groups is 2. The molecular formula is C14H12N2O3. The summed E-state index contributed by atoms with van der Waals surface area (Å²) >= 11 is 0. The van der Waals surface area contributed by atoms with Crippen LogP contribution in [0.4, 0.5) is 5.69 Å². The van der Waals surface area contributed by atoms with E-state index < -0.39 is 0 Å². The Balaban J connectivity index is 2.09. The Morgan fingerprint density at radius 1 is 1.42 bits per heavy atom. The number of amides is 1. The van der Waals surface area contributed by atoms with Gasteiger partial charge in [0.25, 0.3) is 0 Å². The summed E-state index contributed by atoms with van der Waals surface area (Å²) < 4.78 is 5.16. The minimum atomic E-state index is -0.0926. The van der Waals surface area contributed by atoms with Crippen LogP contribution in [-0.2, 0) is 11.2 Å². The molecule has 0 unspecified atom stereocenters. The maximum Gasteiger partial charge on any atom is 0.231 e. The van der Waals surface area contributed by atoms with Gasteiger partial charge in [0.2, 0.25) is 5.91 Å². The molecule has 19 heavy (non-hydrogen) atoms.